The van der Waals surface area contributed by atoms with Gasteiger partial charge in [0.05, 0.1) is 10.6 Å². The number of carbonyl (C=O) groups is 1. The Kier molecular flexibility index (Phi) is 6.91. The van der Waals surface area contributed by atoms with Gasteiger partial charge in [0.2, 0.25) is 0 Å². The first-order valence-corrected chi connectivity index (χ1v) is 8.83. The fraction of sp³-hybridized carbons (Fsp3) is 0.421. The van der Waals surface area contributed by atoms with Crippen LogP contribution >= 0.6 is 11.6 Å². The van der Waals surface area contributed by atoms with Crippen LogP contribution in [0.25, 0.3) is 0 Å². The van der Waals surface area contributed by atoms with Gasteiger partial charge in [-0.1, -0.05) is 37.1 Å². The summed E-state index contributed by atoms with van der Waals surface area (Å²) >= 11 is 6.11. The topological polar surface area (TPSA) is 75.1 Å². The lowest BCUT2D eigenvalue weighted by Gasteiger charge is -2.33. The number of amides is 1. The lowest BCUT2D eigenvalue weighted by Crippen LogP contribution is -2.42. The molecule has 0 aliphatic rings. The molecule has 6 heteroatoms. The zero-order valence-corrected chi connectivity index (χ0v) is 15.4. The van der Waals surface area contributed by atoms with Crippen LogP contribution in [-0.4, -0.2) is 34.1 Å². The molecule has 0 saturated carbocycles. The minimum absolute atomic E-state index is 0.0237. The quantitative estimate of drug-likeness (QED) is 0.756. The van der Waals surface area contributed by atoms with Crippen LogP contribution < -0.4 is 5.32 Å². The summed E-state index contributed by atoms with van der Waals surface area (Å²) in [4.78, 5) is 21.1. The molecule has 0 spiro atoms. The fourth-order valence-electron chi connectivity index (χ4n) is 3.04. The maximum Gasteiger partial charge on any atom is 0.252 e. The van der Waals surface area contributed by atoms with Crippen LogP contribution in [0, 0.1) is 6.92 Å². The van der Waals surface area contributed by atoms with E-state index in [-0.39, 0.29) is 12.5 Å². The molecule has 0 aliphatic carbocycles. The Bertz CT molecular complexity index is 698. The van der Waals surface area contributed by atoms with Crippen molar-refractivity contribution >= 4 is 17.5 Å². The molecule has 1 aromatic heterocycles. The summed E-state index contributed by atoms with van der Waals surface area (Å²) in [6, 6.07) is 6.95. The number of aryl methyl sites for hydroxylation is 1. The fourth-order valence-corrected chi connectivity index (χ4v) is 3.26. The molecule has 2 N–H and O–H groups in total. The Morgan fingerprint density at radius 1 is 1.24 bits per heavy atom. The van der Waals surface area contributed by atoms with Crippen molar-refractivity contribution < 1.29 is 9.90 Å². The third kappa shape index (κ3) is 4.77. The van der Waals surface area contributed by atoms with Crippen LogP contribution in [0.5, 0.6) is 0 Å². The van der Waals surface area contributed by atoms with E-state index in [4.69, 9.17) is 11.6 Å². The minimum atomic E-state index is -0.409. The van der Waals surface area contributed by atoms with Gasteiger partial charge in [0.1, 0.15) is 5.82 Å². The Morgan fingerprint density at radius 3 is 2.52 bits per heavy atom. The molecule has 5 nitrogen and oxygen atoms in total. The number of hydrogen-bond donors (Lipinski definition) is 2. The van der Waals surface area contributed by atoms with Crippen molar-refractivity contribution in [2.24, 2.45) is 0 Å². The molecule has 2 rings (SSSR count). The highest BCUT2D eigenvalue weighted by atomic mass is 35.5. The van der Waals surface area contributed by atoms with Crippen molar-refractivity contribution in [1.29, 1.82) is 0 Å². The van der Waals surface area contributed by atoms with Crippen LogP contribution in [-0.2, 0) is 5.41 Å². The van der Waals surface area contributed by atoms with Gasteiger partial charge in [0.25, 0.3) is 5.91 Å². The number of aliphatic hydroxyl groups is 1. The van der Waals surface area contributed by atoms with E-state index < -0.39 is 5.41 Å². The Hall–Kier alpha value is -1.98. The van der Waals surface area contributed by atoms with E-state index in [1.54, 1.807) is 36.7 Å². The predicted molar refractivity (Wildman–Crippen MR) is 98.8 cm³/mol. The second kappa shape index (κ2) is 8.92. The van der Waals surface area contributed by atoms with Crippen LogP contribution in [0.1, 0.15) is 47.9 Å². The van der Waals surface area contributed by atoms with E-state index in [0.29, 0.717) is 29.4 Å². The summed E-state index contributed by atoms with van der Waals surface area (Å²) in [5.74, 6) is 0.468. The number of aromatic nitrogens is 2. The van der Waals surface area contributed by atoms with E-state index in [1.807, 2.05) is 6.92 Å². The molecule has 1 atom stereocenters. The summed E-state index contributed by atoms with van der Waals surface area (Å²) in [6.45, 7) is 4.32. The number of aliphatic hydroxyl groups excluding tert-OH is 1. The van der Waals surface area contributed by atoms with Gasteiger partial charge < -0.3 is 10.4 Å². The maximum absolute atomic E-state index is 12.5. The molecule has 1 heterocycles. The van der Waals surface area contributed by atoms with Crippen LogP contribution in [0.15, 0.2) is 36.7 Å². The Morgan fingerprint density at radius 2 is 1.92 bits per heavy atom. The Labute approximate surface area is 153 Å². The lowest BCUT2D eigenvalue weighted by atomic mass is 9.75. The summed E-state index contributed by atoms with van der Waals surface area (Å²) in [5, 5.41) is 13.0. The summed E-state index contributed by atoms with van der Waals surface area (Å²) < 4.78 is 0. The molecular formula is C19H24ClN3O2. The number of hydrogen-bond acceptors (Lipinski definition) is 4. The summed E-state index contributed by atoms with van der Waals surface area (Å²) in [6.07, 6.45) is 5.82. The zero-order valence-electron chi connectivity index (χ0n) is 14.6. The number of rotatable bonds is 8. The second-order valence-electron chi connectivity index (χ2n) is 6.19. The normalized spacial score (nSPS) is 13.3. The van der Waals surface area contributed by atoms with Gasteiger partial charge in [-0.3, -0.25) is 4.79 Å². The van der Waals surface area contributed by atoms with Crippen LogP contribution in [0.2, 0.25) is 5.02 Å². The molecule has 0 aliphatic heterocycles. The Balaban J connectivity index is 2.25. The van der Waals surface area contributed by atoms with Gasteiger partial charge in [-0.25, -0.2) is 9.97 Å². The van der Waals surface area contributed by atoms with Crippen molar-refractivity contribution in [1.82, 2.24) is 15.3 Å². The largest absolute Gasteiger partial charge is 0.396 e. The van der Waals surface area contributed by atoms with E-state index in [1.165, 1.54) is 0 Å². The SMILES string of the molecule is CCCC(CCO)(CNC(=O)c1ccccc1Cl)c1cnc(C)nc1. The first-order valence-electron chi connectivity index (χ1n) is 8.45. The van der Waals surface area contributed by atoms with Crippen molar-refractivity contribution in [2.45, 2.75) is 38.5 Å². The number of nitrogens with zero attached hydrogens (tertiary/aromatic N) is 2. The first-order chi connectivity index (χ1) is 12.0. The van der Waals surface area contributed by atoms with Crippen molar-refractivity contribution in [3.8, 4) is 0 Å². The van der Waals surface area contributed by atoms with Crippen molar-refractivity contribution in [3.05, 3.63) is 58.6 Å². The van der Waals surface area contributed by atoms with Crippen LogP contribution in [0.4, 0.5) is 0 Å². The smallest absolute Gasteiger partial charge is 0.252 e. The third-order valence-electron chi connectivity index (χ3n) is 4.42. The average molecular weight is 362 g/mol. The zero-order chi connectivity index (χ0) is 18.3. The molecule has 1 amide bonds. The third-order valence-corrected chi connectivity index (χ3v) is 4.75. The molecule has 25 heavy (non-hydrogen) atoms. The highest BCUT2D eigenvalue weighted by Crippen LogP contribution is 2.32. The first kappa shape index (κ1) is 19.3. The van der Waals surface area contributed by atoms with Gasteiger partial charge in [-0.2, -0.15) is 0 Å². The highest BCUT2D eigenvalue weighted by molar-refractivity contribution is 6.33. The van der Waals surface area contributed by atoms with E-state index in [9.17, 15) is 9.90 Å². The molecule has 1 unspecified atom stereocenters. The average Bonchev–Trinajstić information content (AvgIpc) is 2.61. The number of benzene rings is 1. The molecule has 134 valence electrons. The van der Waals surface area contributed by atoms with Gasteiger partial charge >= 0.3 is 0 Å². The molecule has 0 bridgehead atoms. The van der Waals surface area contributed by atoms with Gasteiger partial charge in [0.15, 0.2) is 0 Å². The number of nitrogens with one attached hydrogen (secondary N) is 1. The summed E-state index contributed by atoms with van der Waals surface area (Å²) in [7, 11) is 0. The maximum atomic E-state index is 12.5. The van der Waals surface area contributed by atoms with Gasteiger partial charge in [0, 0.05) is 31.0 Å². The highest BCUT2D eigenvalue weighted by Gasteiger charge is 2.32. The second-order valence-corrected chi connectivity index (χ2v) is 6.59. The van der Waals surface area contributed by atoms with E-state index >= 15 is 0 Å². The molecule has 0 saturated heterocycles. The molecule has 1 aromatic carbocycles. The number of halogens is 1. The minimum Gasteiger partial charge on any atom is -0.396 e. The summed E-state index contributed by atoms with van der Waals surface area (Å²) in [5.41, 5.74) is 0.959. The van der Waals surface area contributed by atoms with Gasteiger partial charge in [-0.15, -0.1) is 0 Å². The monoisotopic (exact) mass is 361 g/mol. The van der Waals surface area contributed by atoms with Crippen molar-refractivity contribution in [3.63, 3.8) is 0 Å². The lowest BCUT2D eigenvalue weighted by molar-refractivity contribution is 0.0935. The molecule has 0 fully saturated rings. The number of carbonyl (C=O) groups excluding carboxylic acids is 1. The predicted octanol–water partition coefficient (Wildman–Crippen LogP) is 3.29. The standard InChI is InChI=1S/C19H24ClN3O2/c1-3-8-19(9-10-24,15-11-21-14(2)22-12-15)13-23-18(25)16-6-4-5-7-17(16)20/h4-7,11-12,24H,3,8-10,13H2,1-2H3,(H,23,25). The molecule has 2 aromatic rings. The van der Waals surface area contributed by atoms with Crippen LogP contribution in [0.3, 0.4) is 0 Å². The van der Waals surface area contributed by atoms with E-state index in [0.717, 1.165) is 18.4 Å². The molecule has 0 radical (unpaired) electrons. The van der Waals surface area contributed by atoms with Gasteiger partial charge in [-0.05, 0) is 37.5 Å². The van der Waals surface area contributed by atoms with E-state index in [2.05, 4.69) is 22.2 Å². The van der Waals surface area contributed by atoms with Crippen molar-refractivity contribution in [2.75, 3.05) is 13.2 Å². The molecular weight excluding hydrogens is 338 g/mol.